The maximum absolute atomic E-state index is 13.4. The minimum Gasteiger partial charge on any atom is -0.337 e. The SMILES string of the molecule is CC(C)C(C(C)C)[C@H](C(=O)N1[C@H](C)CC[C@H]1C)C(C)(C)C. The fraction of sp³-hybridized carbons (Fsp3) is 0.947. The lowest BCUT2D eigenvalue weighted by molar-refractivity contribution is -0.146. The minimum atomic E-state index is 0.0122. The molecule has 0 bridgehead atoms. The van der Waals surface area contributed by atoms with Gasteiger partial charge in [-0.05, 0) is 49.9 Å². The van der Waals surface area contributed by atoms with E-state index in [1.54, 1.807) is 0 Å². The van der Waals surface area contributed by atoms with Crippen molar-refractivity contribution in [2.45, 2.75) is 87.2 Å². The Bertz CT molecular complexity index is 335. The fourth-order valence-electron chi connectivity index (χ4n) is 4.44. The van der Waals surface area contributed by atoms with Crippen LogP contribution < -0.4 is 0 Å². The van der Waals surface area contributed by atoms with Crippen molar-refractivity contribution in [1.29, 1.82) is 0 Å². The van der Waals surface area contributed by atoms with Crippen LogP contribution in [0.25, 0.3) is 0 Å². The van der Waals surface area contributed by atoms with E-state index < -0.39 is 0 Å². The van der Waals surface area contributed by atoms with E-state index in [1.165, 1.54) is 0 Å². The third-order valence-electron chi connectivity index (χ3n) is 5.33. The van der Waals surface area contributed by atoms with Crippen LogP contribution in [0.2, 0.25) is 0 Å². The monoisotopic (exact) mass is 295 g/mol. The number of amides is 1. The Morgan fingerprint density at radius 1 is 0.952 bits per heavy atom. The van der Waals surface area contributed by atoms with Gasteiger partial charge in [-0.3, -0.25) is 4.79 Å². The molecule has 1 heterocycles. The molecule has 0 aromatic heterocycles. The summed E-state index contributed by atoms with van der Waals surface area (Å²) in [5, 5.41) is 0. The largest absolute Gasteiger partial charge is 0.337 e. The Kier molecular flexibility index (Phi) is 5.91. The molecule has 0 aromatic rings. The van der Waals surface area contributed by atoms with Crippen LogP contribution in [0.3, 0.4) is 0 Å². The first-order chi connectivity index (χ1) is 9.48. The van der Waals surface area contributed by atoms with Crippen molar-refractivity contribution in [2.24, 2.45) is 29.1 Å². The lowest BCUT2D eigenvalue weighted by atomic mass is 9.65. The smallest absolute Gasteiger partial charge is 0.226 e. The molecule has 1 amide bonds. The number of likely N-dealkylation sites (tertiary alicyclic amines) is 1. The van der Waals surface area contributed by atoms with Crippen LogP contribution in [0, 0.1) is 29.1 Å². The van der Waals surface area contributed by atoms with Crippen molar-refractivity contribution in [3.63, 3.8) is 0 Å². The van der Waals surface area contributed by atoms with E-state index in [-0.39, 0.29) is 11.3 Å². The van der Waals surface area contributed by atoms with Crippen molar-refractivity contribution in [2.75, 3.05) is 0 Å². The van der Waals surface area contributed by atoms with Gasteiger partial charge in [-0.2, -0.15) is 0 Å². The highest BCUT2D eigenvalue weighted by molar-refractivity contribution is 5.81. The van der Waals surface area contributed by atoms with E-state index in [1.807, 2.05) is 0 Å². The molecule has 0 saturated carbocycles. The summed E-state index contributed by atoms with van der Waals surface area (Å²) in [5.41, 5.74) is 0.0122. The first-order valence-corrected chi connectivity index (χ1v) is 8.80. The van der Waals surface area contributed by atoms with Crippen LogP contribution in [0.1, 0.15) is 75.2 Å². The molecule has 1 saturated heterocycles. The van der Waals surface area contributed by atoms with Crippen LogP contribution in [0.4, 0.5) is 0 Å². The van der Waals surface area contributed by atoms with Crippen molar-refractivity contribution in [3.8, 4) is 0 Å². The van der Waals surface area contributed by atoms with Crippen molar-refractivity contribution >= 4 is 5.91 Å². The Hall–Kier alpha value is -0.530. The zero-order chi connectivity index (χ0) is 16.5. The van der Waals surface area contributed by atoms with E-state index in [0.717, 1.165) is 12.8 Å². The maximum atomic E-state index is 13.4. The molecular formula is C19H37NO. The summed E-state index contributed by atoms with van der Waals surface area (Å²) in [5.74, 6) is 2.02. The predicted molar refractivity (Wildman–Crippen MR) is 91.1 cm³/mol. The lowest BCUT2D eigenvalue weighted by Gasteiger charge is -2.43. The molecule has 1 rings (SSSR count). The van der Waals surface area contributed by atoms with Crippen LogP contribution in [0.5, 0.6) is 0 Å². The molecule has 0 spiro atoms. The van der Waals surface area contributed by atoms with Gasteiger partial charge < -0.3 is 4.90 Å². The van der Waals surface area contributed by atoms with Crippen molar-refractivity contribution in [3.05, 3.63) is 0 Å². The number of rotatable bonds is 4. The molecule has 1 aliphatic rings. The molecule has 3 atom stereocenters. The normalized spacial score (nSPS) is 25.2. The number of carbonyl (C=O) groups excluding carboxylic acids is 1. The Morgan fingerprint density at radius 2 is 1.33 bits per heavy atom. The van der Waals surface area contributed by atoms with Gasteiger partial charge in [0.2, 0.25) is 5.91 Å². The zero-order valence-electron chi connectivity index (χ0n) is 15.7. The third kappa shape index (κ3) is 4.02. The van der Waals surface area contributed by atoms with E-state index in [0.29, 0.717) is 35.7 Å². The Balaban J connectivity index is 3.16. The van der Waals surface area contributed by atoms with E-state index in [2.05, 4.69) is 67.2 Å². The summed E-state index contributed by atoms with van der Waals surface area (Å²) in [6.45, 7) is 20.2. The van der Waals surface area contributed by atoms with Gasteiger partial charge in [0.25, 0.3) is 0 Å². The average Bonchev–Trinajstić information content (AvgIpc) is 2.62. The molecule has 124 valence electrons. The molecule has 0 N–H and O–H groups in total. The molecule has 0 aliphatic carbocycles. The predicted octanol–water partition coefficient (Wildman–Crippen LogP) is 4.98. The van der Waals surface area contributed by atoms with Crippen LogP contribution in [-0.2, 0) is 4.79 Å². The van der Waals surface area contributed by atoms with Crippen LogP contribution in [-0.4, -0.2) is 22.9 Å². The second kappa shape index (κ2) is 6.71. The quantitative estimate of drug-likeness (QED) is 0.716. The fourth-order valence-corrected chi connectivity index (χ4v) is 4.44. The number of hydrogen-bond acceptors (Lipinski definition) is 1. The van der Waals surface area contributed by atoms with Gasteiger partial charge in [-0.15, -0.1) is 0 Å². The summed E-state index contributed by atoms with van der Waals surface area (Å²) >= 11 is 0. The summed E-state index contributed by atoms with van der Waals surface area (Å²) in [6, 6.07) is 0.801. The van der Waals surface area contributed by atoms with Gasteiger partial charge in [-0.25, -0.2) is 0 Å². The van der Waals surface area contributed by atoms with Gasteiger partial charge in [0, 0.05) is 18.0 Å². The van der Waals surface area contributed by atoms with Crippen molar-refractivity contribution in [1.82, 2.24) is 4.90 Å². The topological polar surface area (TPSA) is 20.3 Å². The highest BCUT2D eigenvalue weighted by Crippen LogP contribution is 2.42. The Labute approximate surface area is 132 Å². The van der Waals surface area contributed by atoms with Crippen molar-refractivity contribution < 1.29 is 4.79 Å². The molecule has 1 fully saturated rings. The maximum Gasteiger partial charge on any atom is 0.226 e. The van der Waals surface area contributed by atoms with Gasteiger partial charge >= 0.3 is 0 Å². The molecule has 0 aromatic carbocycles. The summed E-state index contributed by atoms with van der Waals surface area (Å²) in [4.78, 5) is 15.6. The first kappa shape index (κ1) is 18.5. The number of carbonyl (C=O) groups is 1. The zero-order valence-corrected chi connectivity index (χ0v) is 15.7. The third-order valence-corrected chi connectivity index (χ3v) is 5.33. The molecule has 1 aliphatic heterocycles. The molecule has 0 unspecified atom stereocenters. The molecule has 2 nitrogen and oxygen atoms in total. The second-order valence-electron chi connectivity index (χ2n) is 8.93. The standard InChI is InChI=1S/C19H37NO/c1-12(2)16(13(3)4)17(19(7,8)9)18(21)20-14(5)10-11-15(20)6/h12-17H,10-11H2,1-9H3/t14-,15-,17-/m1/s1. The minimum absolute atomic E-state index is 0.0122. The van der Waals surface area contributed by atoms with Gasteiger partial charge in [0.05, 0.1) is 0 Å². The Morgan fingerprint density at radius 3 is 1.62 bits per heavy atom. The van der Waals surface area contributed by atoms with Gasteiger partial charge in [0.1, 0.15) is 0 Å². The van der Waals surface area contributed by atoms with Crippen LogP contribution >= 0.6 is 0 Å². The number of nitrogens with zero attached hydrogens (tertiary/aromatic N) is 1. The van der Waals surface area contributed by atoms with E-state index in [9.17, 15) is 4.79 Å². The van der Waals surface area contributed by atoms with E-state index >= 15 is 0 Å². The summed E-state index contributed by atoms with van der Waals surface area (Å²) in [6.07, 6.45) is 2.30. The second-order valence-corrected chi connectivity index (χ2v) is 8.93. The van der Waals surface area contributed by atoms with Gasteiger partial charge in [0.15, 0.2) is 0 Å². The summed E-state index contributed by atoms with van der Waals surface area (Å²) in [7, 11) is 0. The number of hydrogen-bond donors (Lipinski definition) is 0. The van der Waals surface area contributed by atoms with Gasteiger partial charge in [-0.1, -0.05) is 48.5 Å². The first-order valence-electron chi connectivity index (χ1n) is 8.80. The highest BCUT2D eigenvalue weighted by Gasteiger charge is 2.45. The van der Waals surface area contributed by atoms with E-state index in [4.69, 9.17) is 0 Å². The van der Waals surface area contributed by atoms with Crippen LogP contribution in [0.15, 0.2) is 0 Å². The summed E-state index contributed by atoms with van der Waals surface area (Å²) < 4.78 is 0. The molecular weight excluding hydrogens is 258 g/mol. The lowest BCUT2D eigenvalue weighted by Crippen LogP contribution is -2.50. The highest BCUT2D eigenvalue weighted by atomic mass is 16.2. The average molecular weight is 296 g/mol. The molecule has 2 heteroatoms. The molecule has 0 radical (unpaired) electrons. The molecule has 21 heavy (non-hydrogen) atoms.